The first-order valence-corrected chi connectivity index (χ1v) is 44.5. The van der Waals surface area contributed by atoms with Gasteiger partial charge in [0.1, 0.15) is 0 Å². The van der Waals surface area contributed by atoms with Gasteiger partial charge in [0.25, 0.3) is 0 Å². The molecule has 6 aromatic heterocycles. The van der Waals surface area contributed by atoms with Crippen molar-refractivity contribution in [2.45, 2.75) is 20.8 Å². The molecule has 6 heteroatoms. The zero-order valence-electron chi connectivity index (χ0n) is 71.6. The summed E-state index contributed by atoms with van der Waals surface area (Å²) in [5.74, 6) is 0. The Hall–Kier alpha value is -16.8. The van der Waals surface area contributed by atoms with Gasteiger partial charge in [-0.2, -0.15) is 0 Å². The van der Waals surface area contributed by atoms with E-state index in [1.807, 2.05) is 0 Å². The molecule has 0 N–H and O–H groups in total. The van der Waals surface area contributed by atoms with Gasteiger partial charge < -0.3 is 27.4 Å². The normalized spacial score (nSPS) is 11.7. The van der Waals surface area contributed by atoms with Crippen LogP contribution >= 0.6 is 0 Å². The van der Waals surface area contributed by atoms with E-state index in [1.54, 1.807) is 0 Å². The molecule has 0 amide bonds. The van der Waals surface area contributed by atoms with Crippen LogP contribution in [0.3, 0.4) is 0 Å². The number of nitrogens with zero attached hydrogens (tertiary/aromatic N) is 6. The molecule has 0 bridgehead atoms. The summed E-state index contributed by atoms with van der Waals surface area (Å²) in [7, 11) is 0. The van der Waals surface area contributed by atoms with Crippen molar-refractivity contribution in [3.63, 3.8) is 0 Å². The average Bonchev–Trinajstić information content (AvgIpc) is 1.56. The fraction of sp³-hybridized carbons (Fsp3) is 0.0244. The molecule has 6 heterocycles. The number of rotatable bonds is 11. The molecular formula is C123H86N6. The van der Waals surface area contributed by atoms with Crippen LogP contribution in [0.4, 0.5) is 0 Å². The number of fused-ring (bicyclic) bond motifs is 21. The molecule has 0 radical (unpaired) electrons. The summed E-state index contributed by atoms with van der Waals surface area (Å²) in [5.41, 5.74) is 37.7. The van der Waals surface area contributed by atoms with E-state index < -0.39 is 0 Å². The Morgan fingerprint density at radius 3 is 0.543 bits per heavy atom. The molecule has 0 saturated heterocycles. The van der Waals surface area contributed by atoms with E-state index in [9.17, 15) is 0 Å². The Morgan fingerprint density at radius 2 is 0.295 bits per heavy atom. The van der Waals surface area contributed by atoms with Crippen molar-refractivity contribution in [1.82, 2.24) is 27.4 Å². The summed E-state index contributed by atoms with van der Waals surface area (Å²) in [4.78, 5) is 0. The van der Waals surface area contributed by atoms with Gasteiger partial charge in [0.05, 0.1) is 66.2 Å². The van der Waals surface area contributed by atoms with Gasteiger partial charge in [0, 0.05) is 98.8 Å². The fourth-order valence-corrected chi connectivity index (χ4v) is 20.6. The van der Waals surface area contributed by atoms with Crippen molar-refractivity contribution in [3.05, 3.63) is 484 Å². The van der Waals surface area contributed by atoms with Crippen molar-refractivity contribution in [2.24, 2.45) is 0 Å². The lowest BCUT2D eigenvalue weighted by atomic mass is 10.00. The minimum absolute atomic E-state index is 1.16. The van der Waals surface area contributed by atoms with Gasteiger partial charge in [-0.05, 0) is 239 Å². The molecule has 0 saturated carbocycles. The molecule has 26 aromatic rings. The summed E-state index contributed by atoms with van der Waals surface area (Å²) in [6.07, 6.45) is 0. The second-order valence-electron chi connectivity index (χ2n) is 34.1. The van der Waals surface area contributed by atoms with Crippen LogP contribution in [0.15, 0.2) is 467 Å². The summed E-state index contributed by atoms with van der Waals surface area (Å²) < 4.78 is 14.5. The maximum absolute atomic E-state index is 2.44. The molecule has 0 aliphatic rings. The third kappa shape index (κ3) is 12.9. The second-order valence-corrected chi connectivity index (χ2v) is 34.1. The summed E-state index contributed by atoms with van der Waals surface area (Å²) in [6.45, 7) is 6.48. The van der Waals surface area contributed by atoms with Gasteiger partial charge in [0.2, 0.25) is 0 Å². The molecule has 0 aliphatic heterocycles. The van der Waals surface area contributed by atoms with E-state index in [0.717, 1.165) is 11.4 Å². The van der Waals surface area contributed by atoms with Crippen molar-refractivity contribution >= 4 is 131 Å². The van der Waals surface area contributed by atoms with E-state index in [2.05, 4.69) is 515 Å². The number of aromatic nitrogens is 6. The molecule has 129 heavy (non-hydrogen) atoms. The quantitative estimate of drug-likeness (QED) is 0.124. The smallest absolute Gasteiger partial charge is 0.0548 e. The standard InChI is InChI=1S/2C43H30N2.C37H26N2/c1-29-11-9-15-34(27-29)44-38-19-7-5-17-36(38)42-40(44)25-26-41-43(42)37-18-6-8-20-39(37)45(41)35-16-10-14-33(28-35)32-23-21-31(22-24-32)30-12-3-2-4-13-30;1-29-10-9-13-35(28-29)45-39-17-8-6-15-37(39)43-41(45)27-26-40-42(43)36-14-5-7-16-38(36)44(40)34-24-22-33(23-25-34)32-20-18-31(19-21-32)30-11-3-2-4-12-30;1-25-11-9-15-28(23-25)38-32-19-7-5-17-30(32)36-34(38)21-22-35-37(36)31-18-6-8-20-33(31)39(35)29-16-10-14-27(24-29)26-12-3-2-4-13-26/h2*2-28H,1H3;2-24H,1H3. The van der Waals surface area contributed by atoms with Crippen LogP contribution in [0.1, 0.15) is 16.7 Å². The molecule has 0 spiro atoms. The molecule has 20 aromatic carbocycles. The van der Waals surface area contributed by atoms with Gasteiger partial charge in [-0.15, -0.1) is 0 Å². The molecular weight excluding hydrogens is 1560 g/mol. The first kappa shape index (κ1) is 75.9. The molecule has 0 fully saturated rings. The summed E-state index contributed by atoms with van der Waals surface area (Å²) >= 11 is 0. The van der Waals surface area contributed by atoms with Gasteiger partial charge in [-0.3, -0.25) is 0 Å². The number of hydrogen-bond donors (Lipinski definition) is 0. The van der Waals surface area contributed by atoms with E-state index in [-0.39, 0.29) is 0 Å². The Kier molecular flexibility index (Phi) is 18.5. The van der Waals surface area contributed by atoms with Crippen molar-refractivity contribution in [2.75, 3.05) is 0 Å². The highest BCUT2D eigenvalue weighted by Crippen LogP contribution is 2.48. The minimum Gasteiger partial charge on any atom is -0.309 e. The first-order chi connectivity index (χ1) is 63.8. The van der Waals surface area contributed by atoms with E-state index in [4.69, 9.17) is 0 Å². The number of hydrogen-bond acceptors (Lipinski definition) is 0. The number of benzene rings is 20. The van der Waals surface area contributed by atoms with Crippen LogP contribution in [0, 0.1) is 20.8 Å². The molecule has 26 rings (SSSR count). The van der Waals surface area contributed by atoms with Crippen molar-refractivity contribution < 1.29 is 0 Å². The third-order valence-electron chi connectivity index (χ3n) is 26.3. The molecule has 0 aliphatic carbocycles. The number of aryl methyl sites for hydroxylation is 3. The Bertz CT molecular complexity index is 8860. The van der Waals surface area contributed by atoms with Crippen molar-refractivity contribution in [1.29, 1.82) is 0 Å². The van der Waals surface area contributed by atoms with Gasteiger partial charge in [-0.25, -0.2) is 0 Å². The fourth-order valence-electron chi connectivity index (χ4n) is 20.6. The van der Waals surface area contributed by atoms with Crippen LogP contribution in [0.2, 0.25) is 0 Å². The van der Waals surface area contributed by atoms with Crippen LogP contribution in [-0.4, -0.2) is 27.4 Å². The van der Waals surface area contributed by atoms with Crippen LogP contribution < -0.4 is 0 Å². The summed E-state index contributed by atoms with van der Waals surface area (Å²) in [5, 5.41) is 15.4. The monoisotopic (exact) mass is 1650 g/mol. The minimum atomic E-state index is 1.16. The van der Waals surface area contributed by atoms with Gasteiger partial charge in [-0.1, -0.05) is 322 Å². The highest BCUT2D eigenvalue weighted by Gasteiger charge is 2.26. The summed E-state index contributed by atoms with van der Waals surface area (Å²) in [6, 6.07) is 169. The SMILES string of the molecule is Cc1cccc(-n2c3ccccc3c3c4c5ccccc5n(-c5ccc(-c6ccc(-c7ccccc7)cc6)cc5)c4ccc32)c1.Cc1cccc(-n2c3ccccc3c3c4c5ccccc5n(-c5cccc(-c6ccc(-c7ccccc7)cc6)c5)c4ccc32)c1.Cc1cccc(-n2c3ccccc3c3c4c5ccccc5n(-c5cccc(-c6ccccc6)c5)c4ccc32)c1. The van der Waals surface area contributed by atoms with Crippen LogP contribution in [0.25, 0.3) is 221 Å². The van der Waals surface area contributed by atoms with Crippen LogP contribution in [-0.2, 0) is 0 Å². The predicted octanol–water partition coefficient (Wildman–Crippen LogP) is 32.9. The topological polar surface area (TPSA) is 29.6 Å². The van der Waals surface area contributed by atoms with E-state index in [1.165, 1.54) is 226 Å². The largest absolute Gasteiger partial charge is 0.309 e. The number of para-hydroxylation sites is 6. The first-order valence-electron chi connectivity index (χ1n) is 44.5. The average molecular weight is 1650 g/mol. The van der Waals surface area contributed by atoms with Gasteiger partial charge in [0.15, 0.2) is 0 Å². The Morgan fingerprint density at radius 1 is 0.116 bits per heavy atom. The maximum atomic E-state index is 2.44. The molecule has 608 valence electrons. The Balaban J connectivity index is 0.000000108. The van der Waals surface area contributed by atoms with E-state index in [0.29, 0.717) is 0 Å². The third-order valence-corrected chi connectivity index (χ3v) is 26.3. The zero-order valence-corrected chi connectivity index (χ0v) is 71.6. The highest BCUT2D eigenvalue weighted by atomic mass is 15.0. The maximum Gasteiger partial charge on any atom is 0.0548 e. The lowest BCUT2D eigenvalue weighted by Gasteiger charge is -2.11. The van der Waals surface area contributed by atoms with Crippen LogP contribution in [0.5, 0.6) is 0 Å². The highest BCUT2D eigenvalue weighted by molar-refractivity contribution is 6.32. The molecule has 6 nitrogen and oxygen atoms in total. The second kappa shape index (κ2) is 31.5. The lowest BCUT2D eigenvalue weighted by molar-refractivity contribution is 1.17. The lowest BCUT2D eigenvalue weighted by Crippen LogP contribution is -1.95. The Labute approximate surface area is 747 Å². The predicted molar refractivity (Wildman–Crippen MR) is 547 cm³/mol. The molecule has 0 atom stereocenters. The van der Waals surface area contributed by atoms with E-state index >= 15 is 0 Å². The molecule has 0 unspecified atom stereocenters. The van der Waals surface area contributed by atoms with Crippen molar-refractivity contribution in [3.8, 4) is 89.8 Å². The zero-order chi connectivity index (χ0) is 85.7. The van der Waals surface area contributed by atoms with Gasteiger partial charge >= 0.3 is 0 Å².